The number of hydrogen-bond donors (Lipinski definition) is 0. The van der Waals surface area contributed by atoms with Crippen molar-refractivity contribution in [2.24, 2.45) is 0 Å². The van der Waals surface area contributed by atoms with Gasteiger partial charge in [0.2, 0.25) is 11.8 Å². The van der Waals surface area contributed by atoms with Crippen LogP contribution in [-0.2, 0) is 16.1 Å². The lowest BCUT2D eigenvalue weighted by Crippen LogP contribution is -2.39. The Labute approximate surface area is 109 Å². The molecule has 2 heterocycles. The molecular weight excluding hydrogens is 263 g/mol. The van der Waals surface area contributed by atoms with Crippen LogP contribution in [-0.4, -0.2) is 21.7 Å². The molecule has 1 fully saturated rings. The van der Waals surface area contributed by atoms with Crippen molar-refractivity contribution in [3.63, 3.8) is 0 Å². The van der Waals surface area contributed by atoms with Crippen molar-refractivity contribution >= 4 is 35.0 Å². The molecular formula is C11H10Cl2N2O2. The quantitative estimate of drug-likeness (QED) is 0.614. The molecule has 0 N–H and O–H groups in total. The molecule has 1 saturated heterocycles. The van der Waals surface area contributed by atoms with Crippen LogP contribution in [0, 0.1) is 0 Å². The number of pyridine rings is 1. The molecule has 0 unspecified atom stereocenters. The molecule has 0 bridgehead atoms. The van der Waals surface area contributed by atoms with Gasteiger partial charge >= 0.3 is 0 Å². The lowest BCUT2D eigenvalue weighted by Gasteiger charge is -2.25. The summed E-state index contributed by atoms with van der Waals surface area (Å²) in [4.78, 5) is 28.3. The van der Waals surface area contributed by atoms with Crippen molar-refractivity contribution in [1.29, 1.82) is 0 Å². The van der Waals surface area contributed by atoms with Gasteiger partial charge in [0.25, 0.3) is 0 Å². The van der Waals surface area contributed by atoms with E-state index in [4.69, 9.17) is 23.2 Å². The SMILES string of the molecule is O=C1CCCC(=O)N1Cc1ccc(Cl)nc1Cl. The Bertz CT molecular complexity index is 461. The maximum Gasteiger partial charge on any atom is 0.229 e. The number of aromatic nitrogens is 1. The van der Waals surface area contributed by atoms with Crippen molar-refractivity contribution < 1.29 is 9.59 Å². The van der Waals surface area contributed by atoms with Crippen molar-refractivity contribution in [1.82, 2.24) is 9.88 Å². The summed E-state index contributed by atoms with van der Waals surface area (Å²) < 4.78 is 0. The summed E-state index contributed by atoms with van der Waals surface area (Å²) in [6.45, 7) is 0.167. The van der Waals surface area contributed by atoms with Gasteiger partial charge in [-0.2, -0.15) is 0 Å². The van der Waals surface area contributed by atoms with Crippen molar-refractivity contribution in [3.8, 4) is 0 Å². The molecule has 1 aliphatic heterocycles. The highest BCUT2D eigenvalue weighted by Gasteiger charge is 2.26. The Hall–Kier alpha value is -1.13. The summed E-state index contributed by atoms with van der Waals surface area (Å²) in [5.74, 6) is -0.320. The fraction of sp³-hybridized carbons (Fsp3) is 0.364. The van der Waals surface area contributed by atoms with Crippen LogP contribution in [0.5, 0.6) is 0 Å². The molecule has 0 atom stereocenters. The highest BCUT2D eigenvalue weighted by Crippen LogP contribution is 2.21. The first-order valence-electron chi connectivity index (χ1n) is 5.22. The zero-order valence-corrected chi connectivity index (χ0v) is 10.5. The normalized spacial score (nSPS) is 16.5. The van der Waals surface area contributed by atoms with Crippen molar-refractivity contribution in [2.45, 2.75) is 25.8 Å². The average molecular weight is 273 g/mol. The Morgan fingerprint density at radius 3 is 2.41 bits per heavy atom. The molecule has 2 rings (SSSR count). The molecule has 0 aliphatic carbocycles. The molecule has 6 heteroatoms. The number of amides is 2. The van der Waals surface area contributed by atoms with E-state index in [-0.39, 0.29) is 28.7 Å². The molecule has 0 radical (unpaired) electrons. The molecule has 0 aromatic carbocycles. The van der Waals surface area contributed by atoms with Crippen LogP contribution >= 0.6 is 23.2 Å². The van der Waals surface area contributed by atoms with Crippen LogP contribution < -0.4 is 0 Å². The number of likely N-dealkylation sites (tertiary alicyclic amines) is 1. The van der Waals surface area contributed by atoms with Crippen molar-refractivity contribution in [3.05, 3.63) is 28.0 Å². The maximum atomic E-state index is 11.6. The van der Waals surface area contributed by atoms with Crippen LogP contribution in [0.15, 0.2) is 12.1 Å². The highest BCUT2D eigenvalue weighted by atomic mass is 35.5. The first kappa shape index (κ1) is 12.3. The number of carbonyl (C=O) groups is 2. The second-order valence-electron chi connectivity index (χ2n) is 3.81. The molecule has 0 saturated carbocycles. The standard InChI is InChI=1S/C11H10Cl2N2O2/c12-8-5-4-7(11(13)14-8)6-15-9(16)2-1-3-10(15)17/h4-5H,1-3,6H2. The number of imide groups is 1. The summed E-state index contributed by atoms with van der Waals surface area (Å²) in [5.41, 5.74) is 0.625. The summed E-state index contributed by atoms with van der Waals surface area (Å²) in [5, 5.41) is 0.513. The predicted octanol–water partition coefficient (Wildman–Crippen LogP) is 2.43. The van der Waals surface area contributed by atoms with E-state index in [0.717, 1.165) is 0 Å². The first-order chi connectivity index (χ1) is 8.08. The fourth-order valence-corrected chi connectivity index (χ4v) is 2.11. The Balaban J connectivity index is 2.19. The van der Waals surface area contributed by atoms with Gasteiger partial charge in [-0.3, -0.25) is 14.5 Å². The lowest BCUT2D eigenvalue weighted by atomic mass is 10.1. The van der Waals surface area contributed by atoms with E-state index in [2.05, 4.69) is 4.98 Å². The molecule has 90 valence electrons. The topological polar surface area (TPSA) is 50.3 Å². The Morgan fingerprint density at radius 2 is 1.82 bits per heavy atom. The number of hydrogen-bond acceptors (Lipinski definition) is 3. The van der Waals surface area contributed by atoms with Crippen LogP contribution in [0.2, 0.25) is 10.3 Å². The predicted molar refractivity (Wildman–Crippen MR) is 63.7 cm³/mol. The summed E-state index contributed by atoms with van der Waals surface area (Å²) in [6.07, 6.45) is 1.44. The third kappa shape index (κ3) is 2.76. The van der Waals surface area contributed by atoms with Gasteiger partial charge in [0.15, 0.2) is 0 Å². The second-order valence-corrected chi connectivity index (χ2v) is 4.56. The zero-order chi connectivity index (χ0) is 12.4. The van der Waals surface area contributed by atoms with Gasteiger partial charge in [-0.15, -0.1) is 0 Å². The van der Waals surface area contributed by atoms with Crippen LogP contribution in [0.3, 0.4) is 0 Å². The van der Waals surface area contributed by atoms with Gasteiger partial charge < -0.3 is 0 Å². The molecule has 1 aromatic heterocycles. The van der Waals surface area contributed by atoms with E-state index in [9.17, 15) is 9.59 Å². The van der Waals surface area contributed by atoms with Gasteiger partial charge in [-0.05, 0) is 12.5 Å². The molecule has 2 amide bonds. The summed E-state index contributed by atoms with van der Waals surface area (Å²) >= 11 is 11.6. The van der Waals surface area contributed by atoms with Gasteiger partial charge in [-0.25, -0.2) is 4.98 Å². The molecule has 17 heavy (non-hydrogen) atoms. The number of nitrogens with zero attached hydrogens (tertiary/aromatic N) is 2. The lowest BCUT2D eigenvalue weighted by molar-refractivity contribution is -0.148. The summed E-state index contributed by atoms with van der Waals surface area (Å²) in [7, 11) is 0. The number of halogens is 2. The van der Waals surface area contributed by atoms with E-state index in [1.54, 1.807) is 12.1 Å². The highest BCUT2D eigenvalue weighted by molar-refractivity contribution is 6.32. The third-order valence-electron chi connectivity index (χ3n) is 2.60. The number of carbonyl (C=O) groups excluding carboxylic acids is 2. The van der Waals surface area contributed by atoms with E-state index >= 15 is 0 Å². The van der Waals surface area contributed by atoms with Crippen molar-refractivity contribution in [2.75, 3.05) is 0 Å². The van der Waals surface area contributed by atoms with E-state index in [1.807, 2.05) is 0 Å². The number of piperidine rings is 1. The molecule has 0 spiro atoms. The van der Waals surface area contributed by atoms with E-state index in [1.165, 1.54) is 4.90 Å². The van der Waals surface area contributed by atoms with E-state index < -0.39 is 0 Å². The van der Waals surface area contributed by atoms with Crippen LogP contribution in [0.1, 0.15) is 24.8 Å². The maximum absolute atomic E-state index is 11.6. The largest absolute Gasteiger partial charge is 0.278 e. The zero-order valence-electron chi connectivity index (χ0n) is 8.95. The van der Waals surface area contributed by atoms with Gasteiger partial charge in [0.05, 0.1) is 6.54 Å². The van der Waals surface area contributed by atoms with Gasteiger partial charge in [0.1, 0.15) is 10.3 Å². The monoisotopic (exact) mass is 272 g/mol. The van der Waals surface area contributed by atoms with E-state index in [0.29, 0.717) is 24.8 Å². The second kappa shape index (κ2) is 5.02. The minimum absolute atomic E-state index is 0.160. The van der Waals surface area contributed by atoms with Crippen LogP contribution in [0.4, 0.5) is 0 Å². The molecule has 1 aromatic rings. The van der Waals surface area contributed by atoms with Crippen LogP contribution in [0.25, 0.3) is 0 Å². The Kier molecular flexibility index (Phi) is 3.64. The van der Waals surface area contributed by atoms with Gasteiger partial charge in [-0.1, -0.05) is 29.3 Å². The average Bonchev–Trinajstić information content (AvgIpc) is 2.26. The number of rotatable bonds is 2. The smallest absolute Gasteiger partial charge is 0.229 e. The molecule has 4 nitrogen and oxygen atoms in total. The minimum Gasteiger partial charge on any atom is -0.278 e. The minimum atomic E-state index is -0.160. The molecule has 1 aliphatic rings. The third-order valence-corrected chi connectivity index (χ3v) is 3.14. The summed E-state index contributed by atoms with van der Waals surface area (Å²) in [6, 6.07) is 3.26. The fourth-order valence-electron chi connectivity index (χ4n) is 1.71. The van der Waals surface area contributed by atoms with Gasteiger partial charge in [0, 0.05) is 18.4 Å². The Morgan fingerprint density at radius 1 is 1.18 bits per heavy atom. The first-order valence-corrected chi connectivity index (χ1v) is 5.97.